The van der Waals surface area contributed by atoms with Gasteiger partial charge in [-0.05, 0) is 46.1 Å². The van der Waals surface area contributed by atoms with Crippen LogP contribution >= 0.6 is 15.9 Å². The summed E-state index contributed by atoms with van der Waals surface area (Å²) in [6.07, 6.45) is 0. The molecule has 0 aromatic heterocycles. The third kappa shape index (κ3) is 5.01. The normalized spacial score (nSPS) is 11.5. The molecule has 0 saturated carbocycles. The second-order valence-corrected chi connectivity index (χ2v) is 10.0. The Kier molecular flexibility index (Phi) is 6.57. The van der Waals surface area contributed by atoms with E-state index in [-0.39, 0.29) is 5.41 Å². The van der Waals surface area contributed by atoms with Gasteiger partial charge in [0.2, 0.25) is 0 Å². The van der Waals surface area contributed by atoms with E-state index in [1.807, 2.05) is 18.2 Å². The molecule has 0 aliphatic carbocycles. The van der Waals surface area contributed by atoms with Gasteiger partial charge in [0.05, 0.1) is 11.6 Å². The van der Waals surface area contributed by atoms with E-state index in [1.165, 1.54) is 0 Å². The maximum atomic E-state index is 6.27. The molecule has 0 amide bonds. The smallest absolute Gasteiger partial charge is 0.274 e. The van der Waals surface area contributed by atoms with E-state index in [9.17, 15) is 0 Å². The van der Waals surface area contributed by atoms with Crippen LogP contribution in [0.3, 0.4) is 0 Å². The van der Waals surface area contributed by atoms with Crippen molar-refractivity contribution in [1.82, 2.24) is 0 Å². The van der Waals surface area contributed by atoms with Crippen molar-refractivity contribution < 1.29 is 13.9 Å². The standard InChI is InChI=1S/C20H26BrO3Si/c1-20(2,3)15-12-16(21)18(22-4)19(24-25(5)6)17(15)23-13-14-10-8-7-9-11-14/h7-12H,13H2,1-6H3. The van der Waals surface area contributed by atoms with Crippen molar-refractivity contribution in [2.45, 2.75) is 45.9 Å². The maximum Gasteiger partial charge on any atom is 0.274 e. The van der Waals surface area contributed by atoms with Crippen molar-refractivity contribution in [2.75, 3.05) is 7.11 Å². The first-order valence-corrected chi connectivity index (χ1v) is 11.5. The van der Waals surface area contributed by atoms with Gasteiger partial charge in [0, 0.05) is 5.56 Å². The molecule has 0 saturated heterocycles. The van der Waals surface area contributed by atoms with Crippen molar-refractivity contribution >= 4 is 25.0 Å². The number of benzene rings is 2. The lowest BCUT2D eigenvalue weighted by Crippen LogP contribution is -2.18. The molecule has 2 aromatic carbocycles. The second-order valence-electron chi connectivity index (χ2n) is 7.13. The van der Waals surface area contributed by atoms with E-state index in [2.05, 4.69) is 68.0 Å². The predicted molar refractivity (Wildman–Crippen MR) is 108 cm³/mol. The molecule has 0 fully saturated rings. The molecule has 2 aromatic rings. The monoisotopic (exact) mass is 421 g/mol. The highest BCUT2D eigenvalue weighted by Gasteiger charge is 2.28. The first-order valence-electron chi connectivity index (χ1n) is 8.29. The molecule has 3 nitrogen and oxygen atoms in total. The number of methoxy groups -OCH3 is 1. The van der Waals surface area contributed by atoms with E-state index in [1.54, 1.807) is 7.11 Å². The van der Waals surface area contributed by atoms with Gasteiger partial charge < -0.3 is 13.9 Å². The first kappa shape index (κ1) is 19.9. The molecule has 0 atom stereocenters. The van der Waals surface area contributed by atoms with Crippen molar-refractivity contribution in [1.29, 1.82) is 0 Å². The Morgan fingerprint density at radius 2 is 1.64 bits per heavy atom. The highest BCUT2D eigenvalue weighted by atomic mass is 79.9. The molecule has 5 heteroatoms. The Morgan fingerprint density at radius 1 is 1.00 bits per heavy atom. The summed E-state index contributed by atoms with van der Waals surface area (Å²) < 4.78 is 18.9. The fourth-order valence-corrected chi connectivity index (χ4v) is 3.67. The van der Waals surface area contributed by atoms with Gasteiger partial charge in [-0.2, -0.15) is 0 Å². The SMILES string of the molecule is COc1c(Br)cc(C(C)(C)C)c(OCc2ccccc2)c1O[Si](C)C. The summed E-state index contributed by atoms with van der Waals surface area (Å²) in [6, 6.07) is 12.2. The zero-order valence-electron chi connectivity index (χ0n) is 15.8. The Labute approximate surface area is 161 Å². The average Bonchev–Trinajstić information content (AvgIpc) is 2.53. The van der Waals surface area contributed by atoms with Gasteiger partial charge in [0.1, 0.15) is 6.61 Å². The van der Waals surface area contributed by atoms with Gasteiger partial charge in [-0.15, -0.1) is 0 Å². The molecule has 0 N–H and O–H groups in total. The number of ether oxygens (including phenoxy) is 2. The summed E-state index contributed by atoms with van der Waals surface area (Å²) in [7, 11) is 0.673. The summed E-state index contributed by atoms with van der Waals surface area (Å²) in [6.45, 7) is 11.2. The van der Waals surface area contributed by atoms with Crippen molar-refractivity contribution in [3.63, 3.8) is 0 Å². The van der Waals surface area contributed by atoms with Gasteiger partial charge in [-0.25, -0.2) is 0 Å². The first-order chi connectivity index (χ1) is 11.7. The summed E-state index contributed by atoms with van der Waals surface area (Å²) >= 11 is 3.62. The predicted octanol–water partition coefficient (Wildman–Crippen LogP) is 5.96. The van der Waals surface area contributed by atoms with Crippen LogP contribution in [0.15, 0.2) is 40.9 Å². The van der Waals surface area contributed by atoms with Crippen LogP contribution in [0.2, 0.25) is 13.1 Å². The highest BCUT2D eigenvalue weighted by Crippen LogP contribution is 2.49. The molecule has 25 heavy (non-hydrogen) atoms. The summed E-state index contributed by atoms with van der Waals surface area (Å²) in [5, 5.41) is 0. The number of hydrogen-bond acceptors (Lipinski definition) is 3. The zero-order chi connectivity index (χ0) is 18.6. The molecule has 0 aliphatic rings. The van der Waals surface area contributed by atoms with Gasteiger partial charge in [0.25, 0.3) is 9.04 Å². The van der Waals surface area contributed by atoms with Gasteiger partial charge >= 0.3 is 0 Å². The number of halogens is 1. The molecule has 0 bridgehead atoms. The van der Waals surface area contributed by atoms with E-state index in [0.717, 1.165) is 21.3 Å². The van der Waals surface area contributed by atoms with E-state index in [4.69, 9.17) is 13.9 Å². The lowest BCUT2D eigenvalue weighted by atomic mass is 9.86. The molecule has 0 aliphatic heterocycles. The van der Waals surface area contributed by atoms with Crippen molar-refractivity contribution in [3.05, 3.63) is 52.0 Å². The second kappa shape index (κ2) is 8.28. The van der Waals surface area contributed by atoms with Gasteiger partial charge in [0.15, 0.2) is 17.2 Å². The van der Waals surface area contributed by atoms with Crippen LogP contribution in [0.1, 0.15) is 31.9 Å². The van der Waals surface area contributed by atoms with Crippen LogP contribution in [0.25, 0.3) is 0 Å². The van der Waals surface area contributed by atoms with Crippen LogP contribution in [0.5, 0.6) is 17.2 Å². The largest absolute Gasteiger partial charge is 0.538 e. The Bertz CT molecular complexity index is 709. The third-order valence-corrected chi connectivity index (χ3v) is 4.89. The number of hydrogen-bond donors (Lipinski definition) is 0. The zero-order valence-corrected chi connectivity index (χ0v) is 18.4. The lowest BCUT2D eigenvalue weighted by molar-refractivity contribution is 0.282. The quantitative estimate of drug-likeness (QED) is 0.538. The summed E-state index contributed by atoms with van der Waals surface area (Å²) in [5.41, 5.74) is 2.12. The van der Waals surface area contributed by atoms with E-state index in [0.29, 0.717) is 18.1 Å². The Balaban J connectivity index is 2.54. The van der Waals surface area contributed by atoms with E-state index < -0.39 is 9.04 Å². The molecule has 2 rings (SSSR count). The fraction of sp³-hybridized carbons (Fsp3) is 0.400. The topological polar surface area (TPSA) is 27.7 Å². The van der Waals surface area contributed by atoms with Gasteiger partial charge in [-0.1, -0.05) is 51.1 Å². The van der Waals surface area contributed by atoms with Crippen LogP contribution in [-0.4, -0.2) is 16.2 Å². The minimum absolute atomic E-state index is 0.0900. The third-order valence-electron chi connectivity index (χ3n) is 3.69. The van der Waals surface area contributed by atoms with E-state index >= 15 is 0 Å². The Hall–Kier alpha value is -1.46. The van der Waals surface area contributed by atoms with Crippen LogP contribution < -0.4 is 13.9 Å². The highest BCUT2D eigenvalue weighted by molar-refractivity contribution is 9.10. The minimum Gasteiger partial charge on any atom is -0.538 e. The van der Waals surface area contributed by atoms with Crippen LogP contribution in [0.4, 0.5) is 0 Å². The molecule has 1 radical (unpaired) electrons. The molecule has 135 valence electrons. The molecular weight excluding hydrogens is 396 g/mol. The maximum absolute atomic E-state index is 6.27. The molecule has 0 heterocycles. The van der Waals surface area contributed by atoms with Crippen LogP contribution in [0, 0.1) is 0 Å². The van der Waals surface area contributed by atoms with Gasteiger partial charge in [-0.3, -0.25) is 0 Å². The number of rotatable bonds is 6. The van der Waals surface area contributed by atoms with Crippen molar-refractivity contribution in [2.24, 2.45) is 0 Å². The minimum atomic E-state index is -0.982. The van der Waals surface area contributed by atoms with Crippen molar-refractivity contribution in [3.8, 4) is 17.2 Å². The summed E-state index contributed by atoms with van der Waals surface area (Å²) in [4.78, 5) is 0. The summed E-state index contributed by atoms with van der Waals surface area (Å²) in [5.74, 6) is 2.14. The molecule has 0 unspecified atom stereocenters. The molecular formula is C20H26BrO3Si. The molecule has 0 spiro atoms. The average molecular weight is 422 g/mol. The van der Waals surface area contributed by atoms with Crippen LogP contribution in [-0.2, 0) is 12.0 Å². The lowest BCUT2D eigenvalue weighted by Gasteiger charge is -2.27. The fourth-order valence-electron chi connectivity index (χ4n) is 2.51. The Morgan fingerprint density at radius 3 is 2.16 bits per heavy atom.